The Kier molecular flexibility index (Phi) is 5.72. The van der Waals surface area contributed by atoms with E-state index in [1.807, 2.05) is 12.1 Å². The van der Waals surface area contributed by atoms with Crippen LogP contribution in [0.5, 0.6) is 0 Å². The maximum Gasteiger partial charge on any atom is 0.319 e. The lowest BCUT2D eigenvalue weighted by Crippen LogP contribution is -2.31. The number of nitriles is 2. The second kappa shape index (κ2) is 7.51. The lowest BCUT2D eigenvalue weighted by molar-refractivity contribution is -0.141. The Labute approximate surface area is 121 Å². The molecule has 1 atom stereocenters. The SMILES string of the molecule is CC(CCNC(=O)Nc1ccc(C#N)c(C#N)c1)C(=O)O. The summed E-state index contributed by atoms with van der Waals surface area (Å²) in [5.41, 5.74) is 0.794. The van der Waals surface area contributed by atoms with E-state index in [1.165, 1.54) is 18.2 Å². The summed E-state index contributed by atoms with van der Waals surface area (Å²) in [7, 11) is 0. The van der Waals surface area contributed by atoms with Gasteiger partial charge < -0.3 is 15.7 Å². The van der Waals surface area contributed by atoms with Crippen molar-refractivity contribution in [3.63, 3.8) is 0 Å². The van der Waals surface area contributed by atoms with Gasteiger partial charge in [0.1, 0.15) is 12.1 Å². The highest BCUT2D eigenvalue weighted by atomic mass is 16.4. The zero-order valence-corrected chi connectivity index (χ0v) is 11.4. The van der Waals surface area contributed by atoms with Crippen molar-refractivity contribution in [2.45, 2.75) is 13.3 Å². The van der Waals surface area contributed by atoms with Gasteiger partial charge in [0.25, 0.3) is 0 Å². The molecule has 2 amide bonds. The van der Waals surface area contributed by atoms with E-state index in [4.69, 9.17) is 15.6 Å². The van der Waals surface area contributed by atoms with Crippen LogP contribution in [0.1, 0.15) is 24.5 Å². The van der Waals surface area contributed by atoms with Gasteiger partial charge in [-0.3, -0.25) is 4.79 Å². The molecule has 1 rings (SSSR count). The molecule has 7 nitrogen and oxygen atoms in total. The number of aliphatic carboxylic acids is 1. The number of anilines is 1. The quantitative estimate of drug-likeness (QED) is 0.758. The summed E-state index contributed by atoms with van der Waals surface area (Å²) in [6, 6.07) is 7.61. The molecule has 1 aromatic carbocycles. The Morgan fingerprint density at radius 2 is 1.95 bits per heavy atom. The van der Waals surface area contributed by atoms with Crippen LogP contribution in [-0.2, 0) is 4.79 Å². The first-order valence-corrected chi connectivity index (χ1v) is 6.19. The first-order chi connectivity index (χ1) is 9.97. The highest BCUT2D eigenvalue weighted by Crippen LogP contribution is 2.14. The molecule has 0 aliphatic heterocycles. The highest BCUT2D eigenvalue weighted by Gasteiger charge is 2.11. The number of carboxylic acids is 1. The molecule has 1 unspecified atom stereocenters. The summed E-state index contributed by atoms with van der Waals surface area (Å²) in [4.78, 5) is 22.2. The molecule has 0 bridgehead atoms. The third kappa shape index (κ3) is 4.84. The first kappa shape index (κ1) is 16.0. The van der Waals surface area contributed by atoms with Crippen LogP contribution in [0.3, 0.4) is 0 Å². The summed E-state index contributed by atoms with van der Waals surface area (Å²) >= 11 is 0. The minimum atomic E-state index is -0.914. The van der Waals surface area contributed by atoms with Gasteiger partial charge >= 0.3 is 12.0 Å². The summed E-state index contributed by atoms with van der Waals surface area (Å²) in [6.45, 7) is 1.78. The van der Waals surface area contributed by atoms with Crippen LogP contribution in [0.4, 0.5) is 10.5 Å². The van der Waals surface area contributed by atoms with Crippen molar-refractivity contribution in [1.29, 1.82) is 10.5 Å². The van der Waals surface area contributed by atoms with Crippen molar-refractivity contribution in [3.8, 4) is 12.1 Å². The van der Waals surface area contributed by atoms with Crippen LogP contribution < -0.4 is 10.6 Å². The van der Waals surface area contributed by atoms with Crippen LogP contribution in [-0.4, -0.2) is 23.7 Å². The van der Waals surface area contributed by atoms with Gasteiger partial charge in [-0.1, -0.05) is 6.92 Å². The molecule has 0 aliphatic carbocycles. The van der Waals surface area contributed by atoms with Gasteiger partial charge in [-0.2, -0.15) is 10.5 Å². The predicted molar refractivity (Wildman–Crippen MR) is 74.3 cm³/mol. The zero-order chi connectivity index (χ0) is 15.8. The molecule has 0 spiro atoms. The summed E-state index contributed by atoms with van der Waals surface area (Å²) in [5.74, 6) is -1.45. The number of urea groups is 1. The molecule has 3 N–H and O–H groups in total. The second-order valence-electron chi connectivity index (χ2n) is 4.39. The number of hydrogen-bond donors (Lipinski definition) is 3. The van der Waals surface area contributed by atoms with Crippen molar-refractivity contribution >= 4 is 17.7 Å². The van der Waals surface area contributed by atoms with Crippen LogP contribution in [0.2, 0.25) is 0 Å². The molecule has 21 heavy (non-hydrogen) atoms. The summed E-state index contributed by atoms with van der Waals surface area (Å²) in [5, 5.41) is 31.4. The molecule has 7 heteroatoms. The van der Waals surface area contributed by atoms with Gasteiger partial charge in [-0.05, 0) is 24.6 Å². The predicted octanol–water partition coefficient (Wildman–Crippen LogP) is 1.66. The molecule has 0 saturated carbocycles. The van der Waals surface area contributed by atoms with E-state index in [2.05, 4.69) is 10.6 Å². The van der Waals surface area contributed by atoms with Crippen molar-refractivity contribution in [2.75, 3.05) is 11.9 Å². The largest absolute Gasteiger partial charge is 0.481 e. The molecule has 0 saturated heterocycles. The fraction of sp³-hybridized carbons (Fsp3) is 0.286. The van der Waals surface area contributed by atoms with Crippen LogP contribution >= 0.6 is 0 Å². The molecule has 0 aromatic heterocycles. The average molecular weight is 286 g/mol. The fourth-order valence-corrected chi connectivity index (χ4v) is 1.51. The number of hydrogen-bond acceptors (Lipinski definition) is 4. The van der Waals surface area contributed by atoms with Gasteiger partial charge in [0.05, 0.1) is 17.0 Å². The number of rotatable bonds is 5. The van der Waals surface area contributed by atoms with Crippen molar-refractivity contribution in [1.82, 2.24) is 5.32 Å². The third-order valence-electron chi connectivity index (χ3n) is 2.80. The Bertz CT molecular complexity index is 628. The fourth-order valence-electron chi connectivity index (χ4n) is 1.51. The Morgan fingerprint density at radius 3 is 2.52 bits per heavy atom. The van der Waals surface area contributed by atoms with Gasteiger partial charge in [0, 0.05) is 12.2 Å². The average Bonchev–Trinajstić information content (AvgIpc) is 2.46. The Morgan fingerprint density at radius 1 is 1.29 bits per heavy atom. The smallest absolute Gasteiger partial charge is 0.319 e. The molecular weight excluding hydrogens is 272 g/mol. The summed E-state index contributed by atoms with van der Waals surface area (Å²) < 4.78 is 0. The second-order valence-corrected chi connectivity index (χ2v) is 4.39. The Balaban J connectivity index is 2.54. The number of carbonyl (C=O) groups is 2. The van der Waals surface area contributed by atoms with Crippen molar-refractivity contribution in [2.24, 2.45) is 5.92 Å². The van der Waals surface area contributed by atoms with Gasteiger partial charge in [0.2, 0.25) is 0 Å². The summed E-state index contributed by atoms with van der Waals surface area (Å²) in [6.07, 6.45) is 0.319. The van der Waals surface area contributed by atoms with Crippen LogP contribution in [0.25, 0.3) is 0 Å². The van der Waals surface area contributed by atoms with E-state index in [-0.39, 0.29) is 17.7 Å². The van der Waals surface area contributed by atoms with Crippen molar-refractivity contribution < 1.29 is 14.7 Å². The van der Waals surface area contributed by atoms with E-state index < -0.39 is 17.9 Å². The molecule has 0 aliphatic rings. The van der Waals surface area contributed by atoms with E-state index in [1.54, 1.807) is 6.92 Å². The third-order valence-corrected chi connectivity index (χ3v) is 2.80. The maximum atomic E-state index is 11.6. The zero-order valence-electron chi connectivity index (χ0n) is 11.4. The minimum Gasteiger partial charge on any atom is -0.481 e. The Hall–Kier alpha value is -3.06. The number of nitrogens with one attached hydrogen (secondary N) is 2. The minimum absolute atomic E-state index is 0.176. The molecular formula is C14H14N4O3. The van der Waals surface area contributed by atoms with E-state index in [0.717, 1.165) is 0 Å². The molecule has 0 radical (unpaired) electrons. The van der Waals surface area contributed by atoms with Crippen LogP contribution in [0, 0.1) is 28.6 Å². The number of carboxylic acid groups (broad SMARTS) is 1. The van der Waals surface area contributed by atoms with E-state index in [0.29, 0.717) is 12.1 Å². The number of benzene rings is 1. The molecule has 0 fully saturated rings. The standard InChI is InChI=1S/C14H14N4O3/c1-9(13(19)20)4-5-17-14(21)18-12-3-2-10(7-15)11(6-12)8-16/h2-3,6,9H,4-5H2,1H3,(H,19,20)(H2,17,18,21). The number of carbonyl (C=O) groups excluding carboxylic acids is 1. The van der Waals surface area contributed by atoms with Gasteiger partial charge in [-0.15, -0.1) is 0 Å². The maximum absolute atomic E-state index is 11.6. The lowest BCUT2D eigenvalue weighted by Gasteiger charge is -2.09. The molecule has 0 heterocycles. The normalized spacial score (nSPS) is 10.8. The highest BCUT2D eigenvalue weighted by molar-refractivity contribution is 5.89. The van der Waals surface area contributed by atoms with Crippen molar-refractivity contribution in [3.05, 3.63) is 29.3 Å². The topological polar surface area (TPSA) is 126 Å². The number of amides is 2. The first-order valence-electron chi connectivity index (χ1n) is 6.19. The van der Waals surface area contributed by atoms with E-state index in [9.17, 15) is 9.59 Å². The molecule has 1 aromatic rings. The van der Waals surface area contributed by atoms with E-state index >= 15 is 0 Å². The lowest BCUT2D eigenvalue weighted by atomic mass is 10.1. The molecule has 108 valence electrons. The van der Waals surface area contributed by atoms with Crippen LogP contribution in [0.15, 0.2) is 18.2 Å². The van der Waals surface area contributed by atoms with Gasteiger partial charge in [-0.25, -0.2) is 4.79 Å². The number of nitrogens with zero attached hydrogens (tertiary/aromatic N) is 2. The monoisotopic (exact) mass is 286 g/mol. The van der Waals surface area contributed by atoms with Gasteiger partial charge in [0.15, 0.2) is 0 Å².